The molecule has 1 heterocycles. The third kappa shape index (κ3) is 3.88. The quantitative estimate of drug-likeness (QED) is 0.459. The van der Waals surface area contributed by atoms with Gasteiger partial charge in [0.25, 0.3) is 11.6 Å². The lowest BCUT2D eigenvalue weighted by molar-refractivity contribution is -0.384. The van der Waals surface area contributed by atoms with E-state index in [0.717, 1.165) is 5.01 Å². The summed E-state index contributed by atoms with van der Waals surface area (Å²) < 4.78 is 11.1. The van der Waals surface area contributed by atoms with Crippen LogP contribution in [-0.2, 0) is 15.1 Å². The molecule has 1 fully saturated rings. The fourth-order valence-electron chi connectivity index (χ4n) is 3.09. The second kappa shape index (κ2) is 7.79. The van der Waals surface area contributed by atoms with Crippen molar-refractivity contribution < 1.29 is 24.0 Å². The molecular formula is C22H17N3O6. The minimum atomic E-state index is -1.53. The van der Waals surface area contributed by atoms with Crippen LogP contribution in [0.5, 0.6) is 11.5 Å². The van der Waals surface area contributed by atoms with E-state index in [1.54, 1.807) is 24.3 Å². The van der Waals surface area contributed by atoms with E-state index in [-0.39, 0.29) is 5.69 Å². The number of para-hydroxylation sites is 1. The van der Waals surface area contributed by atoms with Crippen LogP contribution in [0.15, 0.2) is 78.9 Å². The molecule has 4 rings (SSSR count). The van der Waals surface area contributed by atoms with Gasteiger partial charge in [0.05, 0.1) is 10.6 Å². The number of imide groups is 1. The second-order valence-corrected chi connectivity index (χ2v) is 6.90. The number of rotatable bonds is 6. The van der Waals surface area contributed by atoms with Crippen molar-refractivity contribution in [1.29, 1.82) is 0 Å². The molecule has 1 saturated heterocycles. The van der Waals surface area contributed by atoms with Gasteiger partial charge in [-0.1, -0.05) is 30.3 Å². The van der Waals surface area contributed by atoms with Gasteiger partial charge in [0.15, 0.2) is 0 Å². The number of anilines is 1. The third-order valence-corrected chi connectivity index (χ3v) is 4.79. The highest BCUT2D eigenvalue weighted by Gasteiger charge is 2.52. The molecular weight excluding hydrogens is 402 g/mol. The first-order chi connectivity index (χ1) is 14.9. The van der Waals surface area contributed by atoms with Crippen molar-refractivity contribution >= 4 is 23.4 Å². The number of amides is 2. The summed E-state index contributed by atoms with van der Waals surface area (Å²) in [5.74, 6) is 0.618. The van der Waals surface area contributed by atoms with Gasteiger partial charge >= 0.3 is 6.09 Å². The highest BCUT2D eigenvalue weighted by Crippen LogP contribution is 2.35. The van der Waals surface area contributed by atoms with Crippen molar-refractivity contribution in [3.05, 3.63) is 94.5 Å². The average molecular weight is 419 g/mol. The SMILES string of the molecule is CC1(c2ccc(Oc3ccccc3)cc2)OC(=O)N(Nc2ccc([N+](=O)[O-])cc2)C1=O. The van der Waals surface area contributed by atoms with E-state index in [1.807, 2.05) is 30.3 Å². The number of hydrogen-bond acceptors (Lipinski definition) is 7. The number of nitro benzene ring substituents is 1. The van der Waals surface area contributed by atoms with Gasteiger partial charge in [-0.25, -0.2) is 4.79 Å². The molecule has 3 aromatic rings. The molecule has 0 radical (unpaired) electrons. The zero-order valence-electron chi connectivity index (χ0n) is 16.3. The molecule has 31 heavy (non-hydrogen) atoms. The van der Waals surface area contributed by atoms with Crippen LogP contribution in [0.2, 0.25) is 0 Å². The largest absolute Gasteiger partial charge is 0.457 e. The van der Waals surface area contributed by atoms with Gasteiger partial charge in [0.1, 0.15) is 11.5 Å². The van der Waals surface area contributed by atoms with E-state index in [1.165, 1.54) is 31.2 Å². The number of nitro groups is 1. The maximum Gasteiger partial charge on any atom is 0.437 e. The lowest BCUT2D eigenvalue weighted by Gasteiger charge is -2.21. The Hall–Kier alpha value is -4.40. The van der Waals surface area contributed by atoms with Crippen molar-refractivity contribution in [3.8, 4) is 11.5 Å². The Morgan fingerprint density at radius 3 is 2.16 bits per heavy atom. The van der Waals surface area contributed by atoms with Crippen molar-refractivity contribution in [1.82, 2.24) is 5.01 Å². The van der Waals surface area contributed by atoms with Gasteiger partial charge in [-0.05, 0) is 43.3 Å². The van der Waals surface area contributed by atoms with Crippen LogP contribution in [0, 0.1) is 10.1 Å². The lowest BCUT2D eigenvalue weighted by Crippen LogP contribution is -2.40. The predicted molar refractivity (Wildman–Crippen MR) is 110 cm³/mol. The minimum Gasteiger partial charge on any atom is -0.457 e. The average Bonchev–Trinajstić information content (AvgIpc) is 2.99. The van der Waals surface area contributed by atoms with Gasteiger partial charge in [-0.3, -0.25) is 20.3 Å². The summed E-state index contributed by atoms with van der Waals surface area (Å²) in [6.45, 7) is 1.50. The molecule has 1 N–H and O–H groups in total. The number of cyclic esters (lactones) is 1. The number of nitrogens with zero attached hydrogens (tertiary/aromatic N) is 2. The van der Waals surface area contributed by atoms with E-state index >= 15 is 0 Å². The van der Waals surface area contributed by atoms with Gasteiger partial charge in [-0.2, -0.15) is 0 Å². The summed E-state index contributed by atoms with van der Waals surface area (Å²) in [5.41, 5.74) is 1.80. The summed E-state index contributed by atoms with van der Waals surface area (Å²) in [6, 6.07) is 21.2. The Kier molecular flexibility index (Phi) is 5.00. The number of carbonyl (C=O) groups is 2. The number of carbonyl (C=O) groups excluding carboxylic acids is 2. The van der Waals surface area contributed by atoms with Crippen molar-refractivity contribution in [2.75, 3.05) is 5.43 Å². The smallest absolute Gasteiger partial charge is 0.437 e. The first-order valence-corrected chi connectivity index (χ1v) is 9.29. The normalized spacial score (nSPS) is 17.9. The minimum absolute atomic E-state index is 0.108. The Labute approximate surface area is 176 Å². The Morgan fingerprint density at radius 1 is 0.935 bits per heavy atom. The number of hydrazine groups is 1. The van der Waals surface area contributed by atoms with Crippen molar-refractivity contribution in [2.24, 2.45) is 0 Å². The summed E-state index contributed by atoms with van der Waals surface area (Å²) in [5, 5.41) is 11.5. The molecule has 1 aliphatic rings. The molecule has 156 valence electrons. The number of hydrogen-bond donors (Lipinski definition) is 1. The molecule has 0 saturated carbocycles. The van der Waals surface area contributed by atoms with Crippen LogP contribution in [0.1, 0.15) is 12.5 Å². The molecule has 9 nitrogen and oxygen atoms in total. The van der Waals surface area contributed by atoms with Gasteiger partial charge in [0, 0.05) is 17.7 Å². The monoisotopic (exact) mass is 419 g/mol. The lowest BCUT2D eigenvalue weighted by atomic mass is 9.95. The zero-order chi connectivity index (χ0) is 22.0. The molecule has 0 aliphatic carbocycles. The van der Waals surface area contributed by atoms with Crippen LogP contribution in [0.4, 0.5) is 16.2 Å². The fraction of sp³-hybridized carbons (Fsp3) is 0.0909. The van der Waals surface area contributed by atoms with Crippen LogP contribution < -0.4 is 10.2 Å². The fourth-order valence-corrected chi connectivity index (χ4v) is 3.09. The molecule has 0 aromatic heterocycles. The number of nitrogens with one attached hydrogen (secondary N) is 1. The number of benzene rings is 3. The number of non-ortho nitro benzene ring substituents is 1. The molecule has 3 aromatic carbocycles. The van der Waals surface area contributed by atoms with Gasteiger partial charge in [-0.15, -0.1) is 5.01 Å². The molecule has 2 amide bonds. The van der Waals surface area contributed by atoms with Gasteiger partial charge in [0.2, 0.25) is 5.60 Å². The highest BCUT2D eigenvalue weighted by molar-refractivity contribution is 6.04. The van der Waals surface area contributed by atoms with Crippen LogP contribution >= 0.6 is 0 Å². The zero-order valence-corrected chi connectivity index (χ0v) is 16.3. The summed E-state index contributed by atoms with van der Waals surface area (Å²) >= 11 is 0. The van der Waals surface area contributed by atoms with E-state index in [9.17, 15) is 19.7 Å². The van der Waals surface area contributed by atoms with E-state index in [0.29, 0.717) is 22.7 Å². The first-order valence-electron chi connectivity index (χ1n) is 9.29. The molecule has 0 bridgehead atoms. The number of ether oxygens (including phenoxy) is 2. The molecule has 1 unspecified atom stereocenters. The Morgan fingerprint density at radius 2 is 1.55 bits per heavy atom. The second-order valence-electron chi connectivity index (χ2n) is 6.90. The molecule has 1 aliphatic heterocycles. The molecule has 1 atom stereocenters. The maximum atomic E-state index is 13.0. The van der Waals surface area contributed by atoms with E-state index < -0.39 is 22.5 Å². The van der Waals surface area contributed by atoms with E-state index in [4.69, 9.17) is 9.47 Å². The topological polar surface area (TPSA) is 111 Å². The first kappa shape index (κ1) is 19.9. The predicted octanol–water partition coefficient (Wildman–Crippen LogP) is 4.61. The third-order valence-electron chi connectivity index (χ3n) is 4.79. The molecule has 9 heteroatoms. The Bertz CT molecular complexity index is 1130. The Balaban J connectivity index is 1.50. The van der Waals surface area contributed by atoms with Crippen LogP contribution in [-0.4, -0.2) is 21.9 Å². The van der Waals surface area contributed by atoms with Crippen molar-refractivity contribution in [2.45, 2.75) is 12.5 Å². The summed E-state index contributed by atoms with van der Waals surface area (Å²) in [7, 11) is 0. The maximum absolute atomic E-state index is 13.0. The summed E-state index contributed by atoms with van der Waals surface area (Å²) in [4.78, 5) is 35.5. The van der Waals surface area contributed by atoms with Crippen molar-refractivity contribution in [3.63, 3.8) is 0 Å². The van der Waals surface area contributed by atoms with Crippen LogP contribution in [0.25, 0.3) is 0 Å². The van der Waals surface area contributed by atoms with E-state index in [2.05, 4.69) is 5.43 Å². The highest BCUT2D eigenvalue weighted by atomic mass is 16.6. The summed E-state index contributed by atoms with van der Waals surface area (Å²) in [6.07, 6.45) is -0.879. The van der Waals surface area contributed by atoms with Gasteiger partial charge < -0.3 is 9.47 Å². The van der Waals surface area contributed by atoms with Crippen LogP contribution in [0.3, 0.4) is 0 Å². The molecule has 0 spiro atoms. The standard InChI is InChI=1S/C22H17N3O6/c1-22(15-7-13-19(14-8-15)30-18-5-3-2-4-6-18)20(26)24(21(27)31-22)23-16-9-11-17(12-10-16)25(28)29/h2-14,23H,1H3.